The third-order valence-corrected chi connectivity index (χ3v) is 8.14. The quantitative estimate of drug-likeness (QED) is 0.248. The monoisotopic (exact) mass is 512 g/mol. The molecule has 2 unspecified atom stereocenters. The van der Waals surface area contributed by atoms with E-state index in [0.717, 1.165) is 24.8 Å². The Morgan fingerprint density at radius 2 is 2.05 bits per heavy atom. The Hall–Kier alpha value is -2.71. The van der Waals surface area contributed by atoms with Gasteiger partial charge in [0.05, 0.1) is 37.2 Å². The highest BCUT2D eigenvalue weighted by Crippen LogP contribution is 2.59. The number of carbonyl (C=O) groups excluding carboxylic acids is 3. The second-order valence-electron chi connectivity index (χ2n) is 10.4. The molecule has 1 N–H and O–H groups in total. The minimum atomic E-state index is -1.11. The zero-order chi connectivity index (χ0) is 26.6. The number of aliphatic hydroxyl groups is 1. The second-order valence-corrected chi connectivity index (χ2v) is 10.4. The van der Waals surface area contributed by atoms with E-state index in [1.165, 1.54) is 0 Å². The molecule has 4 rings (SSSR count). The number of rotatable bonds is 13. The number of ether oxygens (including phenoxy) is 2. The van der Waals surface area contributed by atoms with Gasteiger partial charge in [0.15, 0.2) is 0 Å². The molecule has 202 valence electrons. The van der Waals surface area contributed by atoms with Crippen molar-refractivity contribution in [3.63, 3.8) is 0 Å². The van der Waals surface area contributed by atoms with Gasteiger partial charge in [-0.25, -0.2) is 0 Å². The van der Waals surface area contributed by atoms with Crippen molar-refractivity contribution in [2.45, 2.75) is 76.2 Å². The maximum Gasteiger partial charge on any atom is 0.312 e. The normalized spacial score (nSPS) is 28.7. The first-order valence-corrected chi connectivity index (χ1v) is 13.6. The van der Waals surface area contributed by atoms with Crippen molar-refractivity contribution in [3.05, 3.63) is 48.6 Å². The fourth-order valence-electron chi connectivity index (χ4n) is 6.58. The number of unbranched alkanes of at least 4 members (excludes halogenated alkanes) is 2. The van der Waals surface area contributed by atoms with Crippen LogP contribution in [0.1, 0.15) is 51.5 Å². The van der Waals surface area contributed by atoms with Crippen LogP contribution in [-0.2, 0) is 30.3 Å². The zero-order valence-corrected chi connectivity index (χ0v) is 22.0. The van der Waals surface area contributed by atoms with Gasteiger partial charge in [-0.15, -0.1) is 6.58 Å². The van der Waals surface area contributed by atoms with Gasteiger partial charge in [-0.1, -0.05) is 56.2 Å². The van der Waals surface area contributed by atoms with Crippen LogP contribution in [0.2, 0.25) is 0 Å². The standard InChI is InChI=1S/C29H40N2O6/c1-4-7-11-17-30(16-5-2)27(34)25-29-15-14-22(37-29)23(28(35)36-6-3)24(29)26(33)31(25)21(19-32)18-20-12-9-8-10-13-20/h5,8-10,12-13,21-25,32H,2,4,6-7,11,14-19H2,1,3H3/t21-,22+,23-,24+,25?,29?/m1/s1. The SMILES string of the molecule is C=CCN(CCCCC)C(=O)C1N([C@@H](CO)Cc2ccccc2)C(=O)[C@@H]2[C@H](C(=O)OCC)[C@@H]3CCC12O3. The van der Waals surface area contributed by atoms with E-state index in [1.54, 1.807) is 22.8 Å². The van der Waals surface area contributed by atoms with E-state index < -0.39 is 41.6 Å². The lowest BCUT2D eigenvalue weighted by Gasteiger charge is -2.39. The highest BCUT2D eigenvalue weighted by molar-refractivity contribution is 5.98. The highest BCUT2D eigenvalue weighted by atomic mass is 16.6. The van der Waals surface area contributed by atoms with E-state index in [-0.39, 0.29) is 25.0 Å². The predicted octanol–water partition coefficient (Wildman–Crippen LogP) is 2.73. The van der Waals surface area contributed by atoms with Gasteiger partial charge in [0.25, 0.3) is 0 Å². The summed E-state index contributed by atoms with van der Waals surface area (Å²) in [4.78, 5) is 44.8. The second kappa shape index (κ2) is 11.8. The molecule has 2 amide bonds. The van der Waals surface area contributed by atoms with Gasteiger partial charge in [-0.05, 0) is 38.2 Å². The van der Waals surface area contributed by atoms with Crippen LogP contribution in [0.25, 0.3) is 0 Å². The third kappa shape index (κ3) is 4.93. The Labute approximate surface area is 219 Å². The van der Waals surface area contributed by atoms with Crippen LogP contribution in [0.4, 0.5) is 0 Å². The molecule has 8 heteroatoms. The predicted molar refractivity (Wildman–Crippen MR) is 138 cm³/mol. The first-order chi connectivity index (χ1) is 17.9. The lowest BCUT2D eigenvalue weighted by molar-refractivity contribution is -0.156. The number of nitrogens with zero attached hydrogens (tertiary/aromatic N) is 2. The van der Waals surface area contributed by atoms with Gasteiger partial charge in [-0.3, -0.25) is 14.4 Å². The Bertz CT molecular complexity index is 984. The highest BCUT2D eigenvalue weighted by Gasteiger charge is 2.75. The maximum atomic E-state index is 14.3. The van der Waals surface area contributed by atoms with E-state index in [1.807, 2.05) is 30.3 Å². The van der Waals surface area contributed by atoms with Crippen LogP contribution < -0.4 is 0 Å². The topological polar surface area (TPSA) is 96.4 Å². The summed E-state index contributed by atoms with van der Waals surface area (Å²) in [5.74, 6) is -2.50. The molecule has 1 aromatic carbocycles. The Morgan fingerprint density at radius 1 is 1.30 bits per heavy atom. The Kier molecular flexibility index (Phi) is 8.70. The molecule has 0 aliphatic carbocycles. The van der Waals surface area contributed by atoms with Crippen molar-refractivity contribution in [3.8, 4) is 0 Å². The van der Waals surface area contributed by atoms with Crippen LogP contribution >= 0.6 is 0 Å². The molecule has 3 saturated heterocycles. The number of fused-ring (bicyclic) bond motifs is 1. The largest absolute Gasteiger partial charge is 0.466 e. The van der Waals surface area contributed by atoms with Crippen LogP contribution in [-0.4, -0.2) is 82.8 Å². The van der Waals surface area contributed by atoms with Gasteiger partial charge in [0, 0.05) is 13.1 Å². The molecule has 1 aromatic rings. The van der Waals surface area contributed by atoms with E-state index >= 15 is 0 Å². The summed E-state index contributed by atoms with van der Waals surface area (Å²) in [6.07, 6.45) is 5.59. The molecule has 1 spiro atoms. The number of hydrogen-bond donors (Lipinski definition) is 1. The molecular weight excluding hydrogens is 472 g/mol. The fraction of sp³-hybridized carbons (Fsp3) is 0.621. The van der Waals surface area contributed by atoms with Crippen LogP contribution in [0.3, 0.4) is 0 Å². The summed E-state index contributed by atoms with van der Waals surface area (Å²) < 4.78 is 11.8. The first-order valence-electron chi connectivity index (χ1n) is 13.6. The lowest BCUT2D eigenvalue weighted by atomic mass is 9.70. The Balaban J connectivity index is 1.74. The fourth-order valence-corrected chi connectivity index (χ4v) is 6.58. The molecule has 8 nitrogen and oxygen atoms in total. The van der Waals surface area contributed by atoms with Crippen molar-refractivity contribution < 1.29 is 29.0 Å². The summed E-state index contributed by atoms with van der Waals surface area (Å²) in [6, 6.07) is 8.06. The summed E-state index contributed by atoms with van der Waals surface area (Å²) in [6.45, 7) is 8.49. The summed E-state index contributed by atoms with van der Waals surface area (Å²) in [5.41, 5.74) is -0.155. The van der Waals surface area contributed by atoms with E-state index in [4.69, 9.17) is 9.47 Å². The molecular formula is C29H40N2O6. The van der Waals surface area contributed by atoms with E-state index in [2.05, 4.69) is 13.5 Å². The molecule has 2 bridgehead atoms. The average Bonchev–Trinajstić information content (AvgIpc) is 3.54. The molecule has 3 heterocycles. The number of esters is 1. The molecule has 6 atom stereocenters. The number of likely N-dealkylation sites (tertiary alicyclic amines) is 1. The smallest absolute Gasteiger partial charge is 0.312 e. The number of hydrogen-bond acceptors (Lipinski definition) is 6. The van der Waals surface area contributed by atoms with Crippen molar-refractivity contribution in [1.82, 2.24) is 9.80 Å². The molecule has 0 radical (unpaired) electrons. The number of carbonyl (C=O) groups is 3. The number of benzene rings is 1. The summed E-state index contributed by atoms with van der Waals surface area (Å²) in [7, 11) is 0. The lowest BCUT2D eigenvalue weighted by Crippen LogP contribution is -2.59. The van der Waals surface area contributed by atoms with Crippen molar-refractivity contribution in [2.75, 3.05) is 26.3 Å². The summed E-state index contributed by atoms with van der Waals surface area (Å²) >= 11 is 0. The average molecular weight is 513 g/mol. The molecule has 0 aromatic heterocycles. The Morgan fingerprint density at radius 3 is 2.70 bits per heavy atom. The van der Waals surface area contributed by atoms with Crippen molar-refractivity contribution >= 4 is 17.8 Å². The van der Waals surface area contributed by atoms with Crippen LogP contribution in [0.5, 0.6) is 0 Å². The van der Waals surface area contributed by atoms with Gasteiger partial charge < -0.3 is 24.4 Å². The first kappa shape index (κ1) is 27.3. The van der Waals surface area contributed by atoms with Crippen LogP contribution in [0, 0.1) is 11.8 Å². The van der Waals surface area contributed by atoms with E-state index in [9.17, 15) is 19.5 Å². The van der Waals surface area contributed by atoms with Gasteiger partial charge in [0.1, 0.15) is 11.6 Å². The number of aliphatic hydroxyl groups excluding tert-OH is 1. The van der Waals surface area contributed by atoms with E-state index in [0.29, 0.717) is 32.4 Å². The molecule has 0 saturated carbocycles. The molecule has 3 fully saturated rings. The van der Waals surface area contributed by atoms with Crippen LogP contribution in [0.15, 0.2) is 43.0 Å². The van der Waals surface area contributed by atoms with Gasteiger partial charge in [-0.2, -0.15) is 0 Å². The van der Waals surface area contributed by atoms with Crippen molar-refractivity contribution in [1.29, 1.82) is 0 Å². The van der Waals surface area contributed by atoms with Crippen molar-refractivity contribution in [2.24, 2.45) is 11.8 Å². The molecule has 3 aliphatic rings. The molecule has 3 aliphatic heterocycles. The zero-order valence-electron chi connectivity index (χ0n) is 22.0. The summed E-state index contributed by atoms with van der Waals surface area (Å²) in [5, 5.41) is 10.5. The minimum Gasteiger partial charge on any atom is -0.466 e. The third-order valence-electron chi connectivity index (χ3n) is 8.14. The van der Waals surface area contributed by atoms with Gasteiger partial charge >= 0.3 is 5.97 Å². The molecule has 37 heavy (non-hydrogen) atoms. The number of amides is 2. The van der Waals surface area contributed by atoms with Gasteiger partial charge in [0.2, 0.25) is 11.8 Å². The maximum absolute atomic E-state index is 14.3. The minimum absolute atomic E-state index is 0.205.